The molecule has 26 heavy (non-hydrogen) atoms. The van der Waals surface area contributed by atoms with Crippen molar-refractivity contribution >= 4 is 34.6 Å². The molecule has 0 bridgehead atoms. The molecule has 1 heterocycles. The molecule has 1 aliphatic rings. The van der Waals surface area contributed by atoms with Crippen LogP contribution >= 0.6 is 11.3 Å². The minimum Gasteiger partial charge on any atom is -0.451 e. The van der Waals surface area contributed by atoms with Crippen molar-refractivity contribution < 1.29 is 14.3 Å². The maximum atomic E-state index is 12.1. The molecule has 0 fully saturated rings. The van der Waals surface area contributed by atoms with E-state index in [0.29, 0.717) is 10.6 Å². The number of aryl methyl sites for hydroxylation is 2. The van der Waals surface area contributed by atoms with Gasteiger partial charge in [-0.3, -0.25) is 4.79 Å². The van der Waals surface area contributed by atoms with Crippen molar-refractivity contribution in [1.29, 1.82) is 0 Å². The Kier molecular flexibility index (Phi) is 5.93. The molecule has 0 unspecified atom stereocenters. The number of amides is 1. The van der Waals surface area contributed by atoms with E-state index in [2.05, 4.69) is 24.1 Å². The average Bonchev–Trinajstić information content (AvgIpc) is 3.24. The van der Waals surface area contributed by atoms with Crippen LogP contribution in [0.25, 0.3) is 0 Å². The van der Waals surface area contributed by atoms with E-state index in [1.165, 1.54) is 21.8 Å². The van der Waals surface area contributed by atoms with Gasteiger partial charge in [0.25, 0.3) is 5.91 Å². The number of anilines is 2. The first-order chi connectivity index (χ1) is 12.6. The number of thiophene rings is 1. The summed E-state index contributed by atoms with van der Waals surface area (Å²) in [6.45, 7) is 5.80. The molecule has 0 radical (unpaired) electrons. The summed E-state index contributed by atoms with van der Waals surface area (Å²) < 4.78 is 5.15. The van der Waals surface area contributed by atoms with E-state index in [0.717, 1.165) is 38.0 Å². The van der Waals surface area contributed by atoms with Crippen LogP contribution in [-0.2, 0) is 22.4 Å². The fourth-order valence-corrected chi connectivity index (χ4v) is 4.32. The summed E-state index contributed by atoms with van der Waals surface area (Å²) in [4.78, 5) is 28.2. The van der Waals surface area contributed by atoms with Gasteiger partial charge in [0.1, 0.15) is 4.88 Å². The number of benzene rings is 1. The molecule has 0 spiro atoms. The Balaban J connectivity index is 1.49. The Labute approximate surface area is 158 Å². The van der Waals surface area contributed by atoms with Gasteiger partial charge in [0, 0.05) is 29.3 Å². The van der Waals surface area contributed by atoms with Gasteiger partial charge in [-0.2, -0.15) is 0 Å². The Hall–Kier alpha value is -2.34. The van der Waals surface area contributed by atoms with E-state index in [4.69, 9.17) is 4.74 Å². The molecule has 3 rings (SSSR count). The molecule has 138 valence electrons. The van der Waals surface area contributed by atoms with Crippen LogP contribution in [0.4, 0.5) is 11.4 Å². The summed E-state index contributed by atoms with van der Waals surface area (Å²) in [7, 11) is 0. The molecule has 1 aromatic carbocycles. The van der Waals surface area contributed by atoms with Gasteiger partial charge in [-0.15, -0.1) is 11.3 Å². The fraction of sp³-hybridized carbons (Fsp3) is 0.400. The van der Waals surface area contributed by atoms with E-state index in [1.54, 1.807) is 0 Å². The minimum atomic E-state index is -0.420. The van der Waals surface area contributed by atoms with Crippen LogP contribution in [0.1, 0.15) is 40.4 Å². The van der Waals surface area contributed by atoms with Gasteiger partial charge in [0.15, 0.2) is 6.61 Å². The predicted molar refractivity (Wildman–Crippen MR) is 105 cm³/mol. The van der Waals surface area contributed by atoms with Crippen LogP contribution in [0, 0.1) is 0 Å². The second kappa shape index (κ2) is 8.36. The van der Waals surface area contributed by atoms with E-state index < -0.39 is 5.97 Å². The van der Waals surface area contributed by atoms with E-state index in [1.807, 2.05) is 30.3 Å². The van der Waals surface area contributed by atoms with E-state index >= 15 is 0 Å². The molecule has 0 aliphatic heterocycles. The van der Waals surface area contributed by atoms with Crippen molar-refractivity contribution in [3.8, 4) is 0 Å². The first-order valence-electron chi connectivity index (χ1n) is 9.04. The number of nitrogens with zero attached hydrogens (tertiary/aromatic N) is 1. The highest BCUT2D eigenvalue weighted by Crippen LogP contribution is 2.30. The highest BCUT2D eigenvalue weighted by atomic mass is 32.1. The van der Waals surface area contributed by atoms with Gasteiger partial charge in [-0.05, 0) is 69.0 Å². The third-order valence-corrected chi connectivity index (χ3v) is 5.78. The summed E-state index contributed by atoms with van der Waals surface area (Å²) in [5, 5.41) is 2.76. The van der Waals surface area contributed by atoms with Gasteiger partial charge in [-0.1, -0.05) is 0 Å². The molecule has 5 nitrogen and oxygen atoms in total. The van der Waals surface area contributed by atoms with Gasteiger partial charge in [0.2, 0.25) is 0 Å². The Bertz CT molecular complexity index is 757. The van der Waals surface area contributed by atoms with E-state index in [-0.39, 0.29) is 12.5 Å². The predicted octanol–water partition coefficient (Wildman–Crippen LogP) is 3.88. The van der Waals surface area contributed by atoms with Crippen LogP contribution in [0.15, 0.2) is 30.3 Å². The maximum absolute atomic E-state index is 12.1. The summed E-state index contributed by atoms with van der Waals surface area (Å²) in [6.07, 6.45) is 3.23. The number of nitrogens with one attached hydrogen (secondary N) is 1. The SMILES string of the molecule is CCN(CC)c1ccc(NC(=O)COC(=O)c2cc3c(s2)CCC3)cc1. The lowest BCUT2D eigenvalue weighted by Crippen LogP contribution is -2.22. The zero-order valence-electron chi connectivity index (χ0n) is 15.2. The van der Waals surface area contributed by atoms with Crippen molar-refractivity contribution in [2.45, 2.75) is 33.1 Å². The molecule has 1 aromatic heterocycles. The lowest BCUT2D eigenvalue weighted by atomic mass is 10.2. The molecule has 2 aromatic rings. The van der Waals surface area contributed by atoms with Crippen molar-refractivity contribution in [3.05, 3.63) is 45.6 Å². The van der Waals surface area contributed by atoms with Crippen molar-refractivity contribution in [1.82, 2.24) is 0 Å². The first-order valence-corrected chi connectivity index (χ1v) is 9.86. The highest BCUT2D eigenvalue weighted by molar-refractivity contribution is 7.14. The molecule has 0 saturated heterocycles. The zero-order chi connectivity index (χ0) is 18.5. The quantitative estimate of drug-likeness (QED) is 0.750. The number of rotatable bonds is 7. The highest BCUT2D eigenvalue weighted by Gasteiger charge is 2.20. The third-order valence-electron chi connectivity index (χ3n) is 4.56. The van der Waals surface area contributed by atoms with Crippen LogP contribution in [0.2, 0.25) is 0 Å². The number of hydrogen-bond acceptors (Lipinski definition) is 5. The van der Waals surface area contributed by atoms with Crippen LogP contribution in [0.5, 0.6) is 0 Å². The molecular weight excluding hydrogens is 348 g/mol. The maximum Gasteiger partial charge on any atom is 0.348 e. The summed E-state index contributed by atoms with van der Waals surface area (Å²) >= 11 is 1.48. The summed E-state index contributed by atoms with van der Waals surface area (Å²) in [5.41, 5.74) is 3.06. The number of carbonyl (C=O) groups excluding carboxylic acids is 2. The summed E-state index contributed by atoms with van der Waals surface area (Å²) in [6, 6.07) is 9.57. The third kappa shape index (κ3) is 4.25. The fourth-order valence-electron chi connectivity index (χ4n) is 3.17. The molecule has 1 amide bonds. The molecule has 6 heteroatoms. The number of fused-ring (bicyclic) bond motifs is 1. The minimum absolute atomic E-state index is 0.279. The van der Waals surface area contributed by atoms with Crippen LogP contribution < -0.4 is 10.2 Å². The molecule has 1 N–H and O–H groups in total. The van der Waals surface area contributed by atoms with Crippen LogP contribution in [0.3, 0.4) is 0 Å². The number of hydrogen-bond donors (Lipinski definition) is 1. The van der Waals surface area contributed by atoms with Crippen molar-refractivity contribution in [2.24, 2.45) is 0 Å². The largest absolute Gasteiger partial charge is 0.451 e. The molecule has 0 saturated carbocycles. The smallest absolute Gasteiger partial charge is 0.348 e. The van der Waals surface area contributed by atoms with Gasteiger partial charge < -0.3 is 15.0 Å². The monoisotopic (exact) mass is 372 g/mol. The second-order valence-electron chi connectivity index (χ2n) is 6.26. The molecular formula is C20H24N2O3S. The molecule has 0 atom stereocenters. The Morgan fingerprint density at radius 2 is 1.88 bits per heavy atom. The molecule has 1 aliphatic carbocycles. The first kappa shape index (κ1) is 18.5. The summed E-state index contributed by atoms with van der Waals surface area (Å²) in [5.74, 6) is -0.755. The number of ether oxygens (including phenoxy) is 1. The standard InChI is InChI=1S/C20H24N2O3S/c1-3-22(4-2)16-10-8-15(9-11-16)21-19(23)13-25-20(24)18-12-14-6-5-7-17(14)26-18/h8-12H,3-7,13H2,1-2H3,(H,21,23). The zero-order valence-corrected chi connectivity index (χ0v) is 16.0. The Morgan fingerprint density at radius 1 is 1.15 bits per heavy atom. The van der Waals surface area contributed by atoms with Gasteiger partial charge in [-0.25, -0.2) is 4.79 Å². The lowest BCUT2D eigenvalue weighted by Gasteiger charge is -2.21. The Morgan fingerprint density at radius 3 is 2.54 bits per heavy atom. The van der Waals surface area contributed by atoms with Crippen molar-refractivity contribution in [2.75, 3.05) is 29.9 Å². The van der Waals surface area contributed by atoms with Gasteiger partial charge in [0.05, 0.1) is 0 Å². The van der Waals surface area contributed by atoms with Crippen LogP contribution in [-0.4, -0.2) is 31.6 Å². The lowest BCUT2D eigenvalue weighted by molar-refractivity contribution is -0.119. The topological polar surface area (TPSA) is 58.6 Å². The normalized spacial score (nSPS) is 12.5. The van der Waals surface area contributed by atoms with E-state index in [9.17, 15) is 9.59 Å². The average molecular weight is 372 g/mol. The van der Waals surface area contributed by atoms with Gasteiger partial charge >= 0.3 is 5.97 Å². The second-order valence-corrected chi connectivity index (χ2v) is 7.39. The number of carbonyl (C=O) groups is 2. The van der Waals surface area contributed by atoms with Crippen molar-refractivity contribution in [3.63, 3.8) is 0 Å². The number of esters is 1.